The third kappa shape index (κ3) is 4.99. The van der Waals surface area contributed by atoms with Crippen molar-refractivity contribution in [3.05, 3.63) is 63.6 Å². The Kier molecular flexibility index (Phi) is 6.34. The summed E-state index contributed by atoms with van der Waals surface area (Å²) in [6.45, 7) is 3.42. The topological polar surface area (TPSA) is 76.9 Å². The lowest BCUT2D eigenvalue weighted by Gasteiger charge is -2.13. The number of ketones is 1. The molecule has 6 nitrogen and oxygen atoms in total. The molecule has 0 saturated heterocycles. The van der Waals surface area contributed by atoms with Crippen molar-refractivity contribution >= 4 is 34.8 Å². The van der Waals surface area contributed by atoms with Gasteiger partial charge in [0.2, 0.25) is 5.91 Å². The number of carbonyl (C=O) groups excluding carboxylic acids is 2. The van der Waals surface area contributed by atoms with E-state index in [1.165, 1.54) is 23.6 Å². The van der Waals surface area contributed by atoms with Crippen molar-refractivity contribution in [2.45, 2.75) is 50.4 Å². The maximum Gasteiger partial charge on any atom is 0.217 e. The standard InChI is InChI=1S/C22H24N4O2S2/c1-14(23-15(2)27)16-5-7-17(8-6-16)20(28)13-30-22-25-24-21(26(22)18-9-10-18)12-19-4-3-11-29-19/h3-8,11,14,18H,9-10,12-13H2,1-2H3,(H,23,27)/t14-/m1/s1. The first kappa shape index (κ1) is 20.8. The summed E-state index contributed by atoms with van der Waals surface area (Å²) in [4.78, 5) is 25.2. The molecule has 0 aliphatic heterocycles. The van der Waals surface area contributed by atoms with Gasteiger partial charge in [-0.2, -0.15) is 0 Å². The fourth-order valence-electron chi connectivity index (χ4n) is 3.35. The molecule has 8 heteroatoms. The Balaban J connectivity index is 1.40. The summed E-state index contributed by atoms with van der Waals surface area (Å²) >= 11 is 3.18. The number of nitrogens with one attached hydrogen (secondary N) is 1. The van der Waals surface area contributed by atoms with Crippen LogP contribution in [-0.4, -0.2) is 32.2 Å². The fraction of sp³-hybridized carbons (Fsp3) is 0.364. The van der Waals surface area contributed by atoms with Gasteiger partial charge in [0.05, 0.1) is 11.8 Å². The summed E-state index contributed by atoms with van der Waals surface area (Å²) in [5.74, 6) is 1.29. The van der Waals surface area contributed by atoms with Crippen molar-refractivity contribution in [2.75, 3.05) is 5.75 Å². The minimum Gasteiger partial charge on any atom is -0.350 e. The van der Waals surface area contributed by atoms with Crippen LogP contribution >= 0.6 is 23.1 Å². The van der Waals surface area contributed by atoms with Gasteiger partial charge in [0.1, 0.15) is 5.82 Å². The average molecular weight is 441 g/mol. The minimum atomic E-state index is -0.0834. The van der Waals surface area contributed by atoms with Crippen LogP contribution in [0.4, 0.5) is 0 Å². The number of carbonyl (C=O) groups is 2. The van der Waals surface area contributed by atoms with Gasteiger partial charge < -0.3 is 9.88 Å². The number of Topliss-reactive ketones (excluding diaryl/α,β-unsaturated/α-hetero) is 1. The quantitative estimate of drug-likeness (QED) is 0.393. The first-order valence-corrected chi connectivity index (χ1v) is 11.9. The number of hydrogen-bond donors (Lipinski definition) is 1. The zero-order chi connectivity index (χ0) is 21.1. The molecular formula is C22H24N4O2S2. The molecule has 1 amide bonds. The summed E-state index contributed by atoms with van der Waals surface area (Å²) in [5, 5.41) is 14.5. The first-order chi connectivity index (χ1) is 14.5. The zero-order valence-electron chi connectivity index (χ0n) is 17.0. The van der Waals surface area contributed by atoms with Crippen molar-refractivity contribution in [3.63, 3.8) is 0 Å². The van der Waals surface area contributed by atoms with Gasteiger partial charge >= 0.3 is 0 Å². The van der Waals surface area contributed by atoms with Crippen LogP contribution in [0.3, 0.4) is 0 Å². The van der Waals surface area contributed by atoms with Crippen molar-refractivity contribution in [1.29, 1.82) is 0 Å². The van der Waals surface area contributed by atoms with Crippen molar-refractivity contribution in [2.24, 2.45) is 0 Å². The number of amides is 1. The molecule has 2 aromatic heterocycles. The summed E-state index contributed by atoms with van der Waals surface area (Å²) in [7, 11) is 0. The minimum absolute atomic E-state index is 0.0592. The average Bonchev–Trinajstić information content (AvgIpc) is 3.28. The smallest absolute Gasteiger partial charge is 0.217 e. The van der Waals surface area contributed by atoms with E-state index < -0.39 is 0 Å². The Labute approximate surface area is 184 Å². The third-order valence-corrected chi connectivity index (χ3v) is 6.86. The molecule has 30 heavy (non-hydrogen) atoms. The molecule has 1 saturated carbocycles. The second-order valence-electron chi connectivity index (χ2n) is 7.51. The second-order valence-corrected chi connectivity index (χ2v) is 9.49. The highest BCUT2D eigenvalue weighted by Crippen LogP contribution is 2.39. The molecule has 1 atom stereocenters. The number of hydrogen-bond acceptors (Lipinski definition) is 6. The van der Waals surface area contributed by atoms with E-state index in [9.17, 15) is 9.59 Å². The molecule has 1 aromatic carbocycles. The normalized spacial score (nSPS) is 14.5. The van der Waals surface area contributed by atoms with Gasteiger partial charge in [-0.15, -0.1) is 21.5 Å². The third-order valence-electron chi connectivity index (χ3n) is 5.04. The number of aromatic nitrogens is 3. The van der Waals surface area contributed by atoms with Crippen LogP contribution < -0.4 is 5.32 Å². The molecule has 0 unspecified atom stereocenters. The number of thiophene rings is 1. The van der Waals surface area contributed by atoms with Crippen LogP contribution in [0.2, 0.25) is 0 Å². The molecule has 3 aromatic rings. The number of benzene rings is 1. The molecule has 4 rings (SSSR count). The van der Waals surface area contributed by atoms with E-state index in [1.807, 2.05) is 37.3 Å². The van der Waals surface area contributed by atoms with Gasteiger partial charge in [0.15, 0.2) is 10.9 Å². The van der Waals surface area contributed by atoms with Crippen LogP contribution in [0.1, 0.15) is 65.4 Å². The van der Waals surface area contributed by atoms with Gasteiger partial charge in [-0.3, -0.25) is 9.59 Å². The monoisotopic (exact) mass is 440 g/mol. The van der Waals surface area contributed by atoms with E-state index in [-0.39, 0.29) is 17.7 Å². The molecule has 1 N–H and O–H groups in total. The van der Waals surface area contributed by atoms with Crippen molar-refractivity contribution in [3.8, 4) is 0 Å². The molecule has 0 radical (unpaired) electrons. The lowest BCUT2D eigenvalue weighted by Crippen LogP contribution is -2.23. The molecule has 1 aliphatic rings. The van der Waals surface area contributed by atoms with E-state index in [1.54, 1.807) is 11.3 Å². The summed E-state index contributed by atoms with van der Waals surface area (Å²) in [5.41, 5.74) is 1.64. The summed E-state index contributed by atoms with van der Waals surface area (Å²) in [6, 6.07) is 12.0. The van der Waals surface area contributed by atoms with Gasteiger partial charge in [-0.1, -0.05) is 42.1 Å². The Bertz CT molecular complexity index is 1020. The number of thioether (sulfide) groups is 1. The lowest BCUT2D eigenvalue weighted by atomic mass is 10.0. The maximum absolute atomic E-state index is 12.7. The predicted molar refractivity (Wildman–Crippen MR) is 119 cm³/mol. The largest absolute Gasteiger partial charge is 0.350 e. The van der Waals surface area contributed by atoms with Gasteiger partial charge in [-0.05, 0) is 36.8 Å². The van der Waals surface area contributed by atoms with Crippen molar-refractivity contribution in [1.82, 2.24) is 20.1 Å². The molecule has 1 fully saturated rings. The molecule has 2 heterocycles. The predicted octanol–water partition coefficient (Wildman–Crippen LogP) is 4.44. The zero-order valence-corrected chi connectivity index (χ0v) is 18.6. The highest BCUT2D eigenvalue weighted by atomic mass is 32.2. The van der Waals surface area contributed by atoms with E-state index >= 15 is 0 Å². The SMILES string of the molecule is CC(=O)N[C@H](C)c1ccc(C(=O)CSc2nnc(Cc3cccs3)n2C2CC2)cc1. The molecule has 0 bridgehead atoms. The number of nitrogens with zero attached hydrogens (tertiary/aromatic N) is 3. The Hall–Kier alpha value is -2.45. The highest BCUT2D eigenvalue weighted by molar-refractivity contribution is 7.99. The molecular weight excluding hydrogens is 416 g/mol. The molecule has 0 spiro atoms. The van der Waals surface area contributed by atoms with Crippen LogP contribution in [0.5, 0.6) is 0 Å². The fourth-order valence-corrected chi connectivity index (χ4v) is 4.97. The lowest BCUT2D eigenvalue weighted by molar-refractivity contribution is -0.119. The van der Waals surface area contributed by atoms with Crippen LogP contribution in [0, 0.1) is 0 Å². The van der Waals surface area contributed by atoms with Crippen LogP contribution in [-0.2, 0) is 11.2 Å². The van der Waals surface area contributed by atoms with E-state index in [2.05, 4.69) is 31.5 Å². The summed E-state index contributed by atoms with van der Waals surface area (Å²) < 4.78 is 2.22. The molecule has 1 aliphatic carbocycles. The van der Waals surface area contributed by atoms with Gasteiger partial charge in [0, 0.05) is 29.8 Å². The first-order valence-electron chi connectivity index (χ1n) is 10.0. The Morgan fingerprint density at radius 2 is 2.00 bits per heavy atom. The Morgan fingerprint density at radius 1 is 1.23 bits per heavy atom. The van der Waals surface area contributed by atoms with E-state index in [4.69, 9.17) is 0 Å². The van der Waals surface area contributed by atoms with E-state index in [0.717, 1.165) is 35.8 Å². The number of rotatable bonds is 9. The highest BCUT2D eigenvalue weighted by Gasteiger charge is 2.30. The van der Waals surface area contributed by atoms with E-state index in [0.29, 0.717) is 17.4 Å². The molecule has 156 valence electrons. The Morgan fingerprint density at radius 3 is 2.63 bits per heavy atom. The maximum atomic E-state index is 12.7. The van der Waals surface area contributed by atoms with Gasteiger partial charge in [-0.25, -0.2) is 0 Å². The summed E-state index contributed by atoms with van der Waals surface area (Å²) in [6.07, 6.45) is 3.07. The van der Waals surface area contributed by atoms with Crippen molar-refractivity contribution < 1.29 is 9.59 Å². The van der Waals surface area contributed by atoms with Gasteiger partial charge in [0.25, 0.3) is 0 Å². The van der Waals surface area contributed by atoms with Crippen LogP contribution in [0.25, 0.3) is 0 Å². The second kappa shape index (κ2) is 9.14. The van der Waals surface area contributed by atoms with Crippen LogP contribution in [0.15, 0.2) is 46.9 Å².